The van der Waals surface area contributed by atoms with Crippen molar-refractivity contribution in [1.29, 1.82) is 10.5 Å². The van der Waals surface area contributed by atoms with E-state index in [1.807, 2.05) is 30.4 Å². The van der Waals surface area contributed by atoms with Crippen LogP contribution in [-0.2, 0) is 11.2 Å². The molecule has 0 bridgehead atoms. The predicted octanol–water partition coefficient (Wildman–Crippen LogP) is 3.75. The van der Waals surface area contributed by atoms with Gasteiger partial charge in [-0.2, -0.15) is 15.0 Å². The summed E-state index contributed by atoms with van der Waals surface area (Å²) in [5.74, 6) is 0.481. The summed E-state index contributed by atoms with van der Waals surface area (Å²) in [6.45, 7) is 5.02. The summed E-state index contributed by atoms with van der Waals surface area (Å²) in [5, 5.41) is 25.2. The molecule has 11 nitrogen and oxygen atoms in total. The van der Waals surface area contributed by atoms with Gasteiger partial charge in [0, 0.05) is 44.8 Å². The maximum absolute atomic E-state index is 13.5. The summed E-state index contributed by atoms with van der Waals surface area (Å²) in [7, 11) is 3.87. The van der Waals surface area contributed by atoms with Crippen LogP contribution in [0.25, 0.3) is 16.2 Å². The van der Waals surface area contributed by atoms with Gasteiger partial charge in [-0.25, -0.2) is 14.4 Å². The quantitative estimate of drug-likeness (QED) is 0.296. The zero-order valence-corrected chi connectivity index (χ0v) is 25.1. The first-order valence-corrected chi connectivity index (χ1v) is 15.3. The highest BCUT2D eigenvalue weighted by Crippen LogP contribution is 2.38. The minimum atomic E-state index is -0.343. The number of fused-ring (bicyclic) bond motifs is 1. The smallest absolute Gasteiger partial charge is 0.236 e. The third kappa shape index (κ3) is 5.06. The van der Waals surface area contributed by atoms with Gasteiger partial charge in [0.15, 0.2) is 10.9 Å². The Labute approximate surface area is 250 Å². The highest BCUT2D eigenvalue weighted by molar-refractivity contribution is 7.20. The first kappa shape index (κ1) is 28.0. The molecular formula is C28H29FN10OS2. The fraction of sp³-hybridized carbons (Fsp3) is 0.429. The Kier molecular flexibility index (Phi) is 7.53. The average molecular weight is 605 g/mol. The van der Waals surface area contributed by atoms with Crippen molar-refractivity contribution in [2.45, 2.75) is 25.8 Å². The lowest BCUT2D eigenvalue weighted by Gasteiger charge is -2.37. The number of anilines is 3. The van der Waals surface area contributed by atoms with Crippen LogP contribution < -0.4 is 9.80 Å². The summed E-state index contributed by atoms with van der Waals surface area (Å²) in [4.78, 5) is 31.5. The van der Waals surface area contributed by atoms with Gasteiger partial charge in [0.1, 0.15) is 22.5 Å². The first-order chi connectivity index (χ1) is 20.3. The third-order valence-corrected chi connectivity index (χ3v) is 9.88. The molecular weight excluding hydrogens is 576 g/mol. The number of hydrogen-bond acceptors (Lipinski definition) is 11. The number of thiazole rings is 1. The van der Waals surface area contributed by atoms with Crippen molar-refractivity contribution in [1.82, 2.24) is 29.4 Å². The van der Waals surface area contributed by atoms with Gasteiger partial charge >= 0.3 is 0 Å². The van der Waals surface area contributed by atoms with Gasteiger partial charge in [0.05, 0.1) is 24.2 Å². The second-order valence-corrected chi connectivity index (χ2v) is 12.5. The Bertz CT molecular complexity index is 1710. The molecule has 1 aromatic carbocycles. The molecule has 42 heavy (non-hydrogen) atoms. The van der Waals surface area contributed by atoms with Crippen LogP contribution in [0.2, 0.25) is 0 Å². The van der Waals surface area contributed by atoms with Gasteiger partial charge < -0.3 is 14.7 Å². The molecule has 0 N–H and O–H groups in total. The normalized spacial score (nSPS) is 17.1. The Balaban J connectivity index is 1.20. The molecule has 0 radical (unpaired) electrons. The highest BCUT2D eigenvalue weighted by atomic mass is 32.1. The van der Waals surface area contributed by atoms with Crippen molar-refractivity contribution in [2.75, 3.05) is 56.6 Å². The summed E-state index contributed by atoms with van der Waals surface area (Å²) in [5.41, 5.74) is 2.08. The molecule has 2 saturated heterocycles. The predicted molar refractivity (Wildman–Crippen MR) is 159 cm³/mol. The van der Waals surface area contributed by atoms with Crippen LogP contribution in [0.1, 0.15) is 23.9 Å². The maximum Gasteiger partial charge on any atom is 0.236 e. The van der Waals surface area contributed by atoms with Crippen molar-refractivity contribution < 1.29 is 9.18 Å². The Morgan fingerprint density at radius 1 is 1.14 bits per heavy atom. The standard InChI is InChI=1S/C28H29FN10OS2/c1-4-21-25(36(3)26-33-24(22(12-31)41-26)18-5-7-19(29)8-6-18)39-27(32-21)42-28(34-39)37-10-9-20(15-37)35(2)16-23(40)38-13-17(11-30)14-38/h5-8,17,20H,4,9-10,13-16H2,1-3H3/t20-/m1/s1. The van der Waals surface area contributed by atoms with Gasteiger partial charge in [0.25, 0.3) is 0 Å². The summed E-state index contributed by atoms with van der Waals surface area (Å²) < 4.78 is 15.3. The third-order valence-electron chi connectivity index (χ3n) is 7.87. The van der Waals surface area contributed by atoms with Crippen molar-refractivity contribution in [3.63, 3.8) is 0 Å². The Hall–Kier alpha value is -4.11. The number of benzene rings is 1. The molecule has 1 amide bonds. The number of aromatic nitrogens is 4. The molecule has 216 valence electrons. The molecule has 5 heterocycles. The van der Waals surface area contributed by atoms with Gasteiger partial charge in [0.2, 0.25) is 16.0 Å². The van der Waals surface area contributed by atoms with E-state index in [9.17, 15) is 14.4 Å². The van der Waals surface area contributed by atoms with E-state index in [4.69, 9.17) is 20.3 Å². The van der Waals surface area contributed by atoms with Crippen LogP contribution in [-0.4, -0.2) is 88.2 Å². The lowest BCUT2D eigenvalue weighted by Crippen LogP contribution is -2.53. The lowest BCUT2D eigenvalue weighted by atomic mass is 10.0. The minimum Gasteiger partial charge on any atom is -0.345 e. The van der Waals surface area contributed by atoms with Crippen molar-refractivity contribution >= 4 is 49.6 Å². The van der Waals surface area contributed by atoms with Gasteiger partial charge in [-0.15, -0.1) is 5.10 Å². The van der Waals surface area contributed by atoms with Gasteiger partial charge in [-0.3, -0.25) is 9.69 Å². The molecule has 4 aromatic rings. The number of likely N-dealkylation sites (N-methyl/N-ethyl adjacent to an activating group) is 1. The Morgan fingerprint density at radius 2 is 1.90 bits per heavy atom. The van der Waals surface area contributed by atoms with E-state index in [1.165, 1.54) is 34.8 Å². The number of likely N-dealkylation sites (tertiary alicyclic amines) is 1. The van der Waals surface area contributed by atoms with Crippen LogP contribution >= 0.6 is 22.7 Å². The van der Waals surface area contributed by atoms with E-state index in [-0.39, 0.29) is 23.7 Å². The molecule has 2 aliphatic rings. The second-order valence-electron chi connectivity index (χ2n) is 10.6. The molecule has 6 rings (SSSR count). The number of aryl methyl sites for hydroxylation is 1. The van der Waals surface area contributed by atoms with Gasteiger partial charge in [-0.05, 0) is 44.2 Å². The molecule has 2 aliphatic heterocycles. The average Bonchev–Trinajstić information content (AvgIpc) is 3.74. The number of rotatable bonds is 8. The number of nitriles is 2. The first-order valence-electron chi connectivity index (χ1n) is 13.7. The topological polar surface area (TPSA) is 121 Å². The SMILES string of the molecule is CCc1nc2sc(N3CC[C@@H](N(C)CC(=O)N4CC(C#N)C4)C3)nn2c1N(C)c1nc(-c2ccc(F)cc2)c(C#N)s1. The number of carbonyl (C=O) groups is 1. The molecule has 3 aromatic heterocycles. The van der Waals surface area contributed by atoms with E-state index in [1.54, 1.807) is 17.0 Å². The highest BCUT2D eigenvalue weighted by Gasteiger charge is 2.34. The number of hydrogen-bond donors (Lipinski definition) is 0. The molecule has 14 heteroatoms. The second kappa shape index (κ2) is 11.3. The van der Waals surface area contributed by atoms with E-state index in [2.05, 4.69) is 21.9 Å². The van der Waals surface area contributed by atoms with Crippen LogP contribution in [0.4, 0.5) is 20.5 Å². The van der Waals surface area contributed by atoms with Crippen molar-refractivity contribution in [2.24, 2.45) is 5.92 Å². The molecule has 0 spiro atoms. The zero-order chi connectivity index (χ0) is 29.5. The molecule has 0 saturated carbocycles. The molecule has 0 aliphatic carbocycles. The number of imidazole rings is 1. The summed E-state index contributed by atoms with van der Waals surface area (Å²) in [6.07, 6.45) is 1.62. The monoisotopic (exact) mass is 604 g/mol. The molecule has 2 fully saturated rings. The molecule has 1 atom stereocenters. The lowest BCUT2D eigenvalue weighted by molar-refractivity contribution is -0.137. The summed E-state index contributed by atoms with van der Waals surface area (Å²) >= 11 is 2.80. The van der Waals surface area contributed by atoms with E-state index < -0.39 is 0 Å². The van der Waals surface area contributed by atoms with Crippen LogP contribution in [0.15, 0.2) is 24.3 Å². The number of nitrogens with zero attached hydrogens (tertiary/aromatic N) is 10. The fourth-order valence-electron chi connectivity index (χ4n) is 5.37. The number of halogens is 1. The van der Waals surface area contributed by atoms with Crippen LogP contribution in [0, 0.1) is 34.4 Å². The fourth-order valence-corrected chi connectivity index (χ4v) is 7.17. The number of carbonyl (C=O) groups excluding carboxylic acids is 1. The van der Waals surface area contributed by atoms with E-state index in [0.717, 1.165) is 41.1 Å². The zero-order valence-electron chi connectivity index (χ0n) is 23.5. The Morgan fingerprint density at radius 3 is 2.60 bits per heavy atom. The van der Waals surface area contributed by atoms with E-state index in [0.29, 0.717) is 47.3 Å². The molecule has 0 unspecified atom stereocenters. The van der Waals surface area contributed by atoms with E-state index >= 15 is 0 Å². The minimum absolute atomic E-state index is 0.0388. The van der Waals surface area contributed by atoms with Crippen molar-refractivity contribution in [3.8, 4) is 23.4 Å². The largest absolute Gasteiger partial charge is 0.345 e. The number of amides is 1. The van der Waals surface area contributed by atoms with Crippen LogP contribution in [0.3, 0.4) is 0 Å². The summed E-state index contributed by atoms with van der Waals surface area (Å²) in [6, 6.07) is 10.6. The van der Waals surface area contributed by atoms with Crippen molar-refractivity contribution in [3.05, 3.63) is 40.7 Å². The van der Waals surface area contributed by atoms with Crippen LogP contribution in [0.5, 0.6) is 0 Å². The van der Waals surface area contributed by atoms with Gasteiger partial charge in [-0.1, -0.05) is 29.6 Å². The maximum atomic E-state index is 13.5.